The summed E-state index contributed by atoms with van der Waals surface area (Å²) < 4.78 is 32.6. The summed E-state index contributed by atoms with van der Waals surface area (Å²) in [5.41, 5.74) is 15.1. The van der Waals surface area contributed by atoms with E-state index in [1.807, 2.05) is 44.2 Å². The van der Waals surface area contributed by atoms with E-state index in [-0.39, 0.29) is 75.8 Å². The maximum Gasteiger partial charge on any atom is 0.258 e. The Kier molecular flexibility index (Phi) is 18.0. The van der Waals surface area contributed by atoms with E-state index in [2.05, 4.69) is 27.8 Å². The van der Waals surface area contributed by atoms with Gasteiger partial charge in [0.05, 0.1) is 41.5 Å². The SMILES string of the molecule is Cc1ncsc1-c1ccc(CNC(=O)[C@@H]2C[C@@H](O)CN2C(=O)[C@@H](NC(=O)C2(F)CC2)C(C)(C)C)c(OCCOCCCc2ccc(CO[C@H](C)[C@@H](N)CCC(N)=O)cc2)c1.Cl. The fourth-order valence-electron chi connectivity index (χ4n) is 6.96. The molecule has 1 aromatic heterocycles. The van der Waals surface area contributed by atoms with Crippen molar-refractivity contribution in [3.63, 3.8) is 0 Å². The highest BCUT2D eigenvalue weighted by Gasteiger charge is 2.53. The highest BCUT2D eigenvalue weighted by atomic mass is 35.5. The predicted molar refractivity (Wildman–Crippen MR) is 234 cm³/mol. The van der Waals surface area contributed by atoms with Crippen molar-refractivity contribution in [1.82, 2.24) is 20.5 Å². The average molecular weight is 890 g/mol. The van der Waals surface area contributed by atoms with Crippen molar-refractivity contribution in [3.05, 3.63) is 70.4 Å². The number of nitrogens with one attached hydrogen (secondary N) is 2. The molecule has 0 spiro atoms. The van der Waals surface area contributed by atoms with Crippen LogP contribution in [0.5, 0.6) is 5.75 Å². The number of carbonyl (C=O) groups excluding carboxylic acids is 4. The summed E-state index contributed by atoms with van der Waals surface area (Å²) in [5, 5.41) is 16.1. The molecule has 1 aliphatic heterocycles. The number of β-amino-alcohol motifs (C(OH)–C–C–N with tert-alkyl or cyclic N) is 1. The van der Waals surface area contributed by atoms with Crippen LogP contribution in [0.25, 0.3) is 10.4 Å². The Hall–Kier alpha value is -4.19. The van der Waals surface area contributed by atoms with Crippen LogP contribution in [0.2, 0.25) is 0 Å². The van der Waals surface area contributed by atoms with Gasteiger partial charge in [-0.15, -0.1) is 23.7 Å². The van der Waals surface area contributed by atoms with E-state index in [1.165, 1.54) is 21.8 Å². The number of aliphatic hydroxyl groups excluding tert-OH is 1. The molecule has 0 unspecified atom stereocenters. The Labute approximate surface area is 368 Å². The summed E-state index contributed by atoms with van der Waals surface area (Å²) in [5.74, 6) is -1.65. The van der Waals surface area contributed by atoms with Gasteiger partial charge >= 0.3 is 0 Å². The van der Waals surface area contributed by atoms with Gasteiger partial charge in [-0.05, 0) is 74.1 Å². The quantitative estimate of drug-likeness (QED) is 0.0881. The minimum Gasteiger partial charge on any atom is -0.491 e. The van der Waals surface area contributed by atoms with E-state index in [4.69, 9.17) is 25.7 Å². The molecule has 2 fully saturated rings. The Morgan fingerprint density at radius 1 is 1.08 bits per heavy atom. The molecule has 1 aliphatic carbocycles. The highest BCUT2D eigenvalue weighted by Crippen LogP contribution is 2.40. The molecule has 2 aliphatic rings. The number of nitrogens with two attached hydrogens (primary N) is 2. The summed E-state index contributed by atoms with van der Waals surface area (Å²) >= 11 is 1.52. The van der Waals surface area contributed by atoms with Gasteiger partial charge in [0.15, 0.2) is 5.67 Å². The number of benzene rings is 2. The predicted octanol–water partition coefficient (Wildman–Crippen LogP) is 4.68. The summed E-state index contributed by atoms with van der Waals surface area (Å²) in [4.78, 5) is 57.9. The smallest absolute Gasteiger partial charge is 0.258 e. The van der Waals surface area contributed by atoms with Crippen molar-refractivity contribution in [2.24, 2.45) is 16.9 Å². The Morgan fingerprint density at radius 3 is 2.43 bits per heavy atom. The molecule has 5 rings (SSSR count). The molecule has 4 amide bonds. The lowest BCUT2D eigenvalue weighted by atomic mass is 9.85. The second-order valence-corrected chi connectivity index (χ2v) is 17.9. The standard InChI is InChI=1S/C44H61FN6O8S.ClH/c1-27-38(60-26-49-27)31-12-13-32(23-48-40(54)35-22-33(52)24-51(35)41(55)39(43(3,4)5)50-42(56)44(45)16-17-44)36(21-31)58-20-19-57-18-6-7-29-8-10-30(11-9-29)25-59-28(2)34(46)14-15-37(47)53;/h8-13,21,26,28,33-35,39,52H,6-7,14-20,22-25,46H2,1-5H3,(H2,47,53)(H,48,54)(H,50,56);1H/t28-,33-,34+,35+,39-;/m1./s1. The van der Waals surface area contributed by atoms with E-state index in [0.29, 0.717) is 37.6 Å². The number of ether oxygens (including phenoxy) is 3. The molecule has 2 heterocycles. The van der Waals surface area contributed by atoms with Gasteiger partial charge in [-0.2, -0.15) is 0 Å². The number of likely N-dealkylation sites (tertiary alicyclic amines) is 1. The lowest BCUT2D eigenvalue weighted by molar-refractivity contribution is -0.145. The van der Waals surface area contributed by atoms with Crippen LogP contribution in [0.4, 0.5) is 4.39 Å². The third-order valence-electron chi connectivity index (χ3n) is 11.0. The zero-order valence-corrected chi connectivity index (χ0v) is 37.4. The van der Waals surface area contributed by atoms with Gasteiger partial charge in [-0.25, -0.2) is 9.37 Å². The van der Waals surface area contributed by atoms with Crippen molar-refractivity contribution in [2.75, 3.05) is 26.4 Å². The molecular formula is C44H62ClFN6O8S. The number of rotatable bonds is 22. The van der Waals surface area contributed by atoms with Crippen LogP contribution < -0.4 is 26.8 Å². The number of aryl methyl sites for hydroxylation is 2. The van der Waals surface area contributed by atoms with Crippen LogP contribution in [-0.2, 0) is 48.2 Å². The van der Waals surface area contributed by atoms with Gasteiger partial charge in [-0.1, -0.05) is 57.2 Å². The Morgan fingerprint density at radius 2 is 1.79 bits per heavy atom. The Bertz CT molecular complexity index is 1940. The number of primary amides is 1. The van der Waals surface area contributed by atoms with E-state index in [0.717, 1.165) is 34.5 Å². The number of halogens is 2. The second kappa shape index (κ2) is 22.2. The number of alkyl halides is 1. The van der Waals surface area contributed by atoms with Gasteiger partial charge in [-0.3, -0.25) is 19.2 Å². The first-order chi connectivity index (χ1) is 28.4. The highest BCUT2D eigenvalue weighted by molar-refractivity contribution is 7.13. The molecule has 17 heteroatoms. The summed E-state index contributed by atoms with van der Waals surface area (Å²) in [6.45, 7) is 10.7. The third-order valence-corrected chi connectivity index (χ3v) is 12.0. The Balaban J connectivity index is 0.00000819. The number of hydrogen-bond acceptors (Lipinski definition) is 11. The van der Waals surface area contributed by atoms with Gasteiger partial charge < -0.3 is 46.3 Å². The molecule has 0 bridgehead atoms. The molecule has 7 N–H and O–H groups in total. The lowest BCUT2D eigenvalue weighted by Gasteiger charge is -2.35. The minimum atomic E-state index is -1.97. The molecule has 61 heavy (non-hydrogen) atoms. The van der Waals surface area contributed by atoms with Crippen molar-refractivity contribution in [2.45, 2.75) is 129 Å². The van der Waals surface area contributed by atoms with Crippen LogP contribution in [0.1, 0.15) is 88.6 Å². The molecule has 0 radical (unpaired) electrons. The fraction of sp³-hybridized carbons (Fsp3) is 0.568. The van der Waals surface area contributed by atoms with Gasteiger partial charge in [0, 0.05) is 44.1 Å². The monoisotopic (exact) mass is 888 g/mol. The maximum atomic E-state index is 14.6. The average Bonchev–Trinajstić information content (AvgIpc) is 3.62. The van der Waals surface area contributed by atoms with Crippen molar-refractivity contribution in [1.29, 1.82) is 0 Å². The number of aliphatic hydroxyl groups is 1. The first-order valence-corrected chi connectivity index (χ1v) is 21.6. The van der Waals surface area contributed by atoms with E-state index in [9.17, 15) is 28.7 Å². The van der Waals surface area contributed by atoms with Crippen LogP contribution >= 0.6 is 23.7 Å². The maximum absolute atomic E-state index is 14.6. The summed E-state index contributed by atoms with van der Waals surface area (Å²) in [6.07, 6.45) is 1.46. The number of amides is 4. The molecule has 1 saturated carbocycles. The molecule has 14 nitrogen and oxygen atoms in total. The largest absolute Gasteiger partial charge is 0.491 e. The second-order valence-electron chi connectivity index (χ2n) is 17.0. The van der Waals surface area contributed by atoms with Crippen molar-refractivity contribution < 1.29 is 42.9 Å². The number of carbonyl (C=O) groups is 4. The van der Waals surface area contributed by atoms with Gasteiger partial charge in [0.25, 0.3) is 5.91 Å². The molecular weight excluding hydrogens is 827 g/mol. The summed E-state index contributed by atoms with van der Waals surface area (Å²) in [6, 6.07) is 11.6. The number of hydrogen-bond donors (Lipinski definition) is 5. The van der Waals surface area contributed by atoms with E-state index >= 15 is 0 Å². The first-order valence-electron chi connectivity index (χ1n) is 20.7. The van der Waals surface area contributed by atoms with E-state index < -0.39 is 47.0 Å². The minimum absolute atomic E-state index is 0. The molecule has 336 valence electrons. The lowest BCUT2D eigenvalue weighted by Crippen LogP contribution is -2.59. The summed E-state index contributed by atoms with van der Waals surface area (Å²) in [7, 11) is 0. The van der Waals surface area contributed by atoms with Crippen LogP contribution in [-0.4, -0.2) is 101 Å². The van der Waals surface area contributed by atoms with Crippen molar-refractivity contribution >= 4 is 47.4 Å². The number of thiazole rings is 1. The molecule has 2 aromatic carbocycles. The van der Waals surface area contributed by atoms with Crippen LogP contribution in [0.3, 0.4) is 0 Å². The van der Waals surface area contributed by atoms with Crippen LogP contribution in [0.15, 0.2) is 48.0 Å². The number of nitrogens with zero attached hydrogens (tertiary/aromatic N) is 2. The zero-order valence-electron chi connectivity index (χ0n) is 35.7. The molecule has 3 aromatic rings. The molecule has 5 atom stereocenters. The zero-order chi connectivity index (χ0) is 43.6. The topological polar surface area (TPSA) is 208 Å². The van der Waals surface area contributed by atoms with Crippen molar-refractivity contribution in [3.8, 4) is 16.2 Å². The van der Waals surface area contributed by atoms with Gasteiger partial charge in [0.1, 0.15) is 24.4 Å². The van der Waals surface area contributed by atoms with E-state index in [1.54, 1.807) is 26.3 Å². The van der Waals surface area contributed by atoms with Gasteiger partial charge in [0.2, 0.25) is 17.7 Å². The normalized spacial score (nSPS) is 18.4. The fourth-order valence-corrected chi connectivity index (χ4v) is 7.76. The van der Waals surface area contributed by atoms with Crippen LogP contribution in [0, 0.1) is 12.3 Å². The first kappa shape index (κ1) is 49.5. The third kappa shape index (κ3) is 14.2. The number of aromatic nitrogens is 1. The molecule has 1 saturated heterocycles.